The third kappa shape index (κ3) is 2.41. The largest absolute Gasteiger partial charge is 0.227 e. The molecule has 1 aromatic carbocycles. The van der Waals surface area contributed by atoms with E-state index in [4.69, 9.17) is 11.6 Å². The standard InChI is InChI=1S/C16H16ClN3/c1-16(2,3)12-6-4-11(5-7-12)13-10-20-15(18-13)9-8-14(17)19-20/h4-10H,1-3H3. The smallest absolute Gasteiger partial charge is 0.154 e. The van der Waals surface area contributed by atoms with Crippen LogP contribution in [-0.4, -0.2) is 14.6 Å². The zero-order chi connectivity index (χ0) is 14.3. The van der Waals surface area contributed by atoms with Crippen LogP contribution in [0.15, 0.2) is 42.6 Å². The second-order valence-corrected chi connectivity index (χ2v) is 6.30. The fraction of sp³-hybridized carbons (Fsp3) is 0.250. The van der Waals surface area contributed by atoms with Crippen molar-refractivity contribution in [3.8, 4) is 11.3 Å². The van der Waals surface area contributed by atoms with Gasteiger partial charge in [-0.25, -0.2) is 9.50 Å². The van der Waals surface area contributed by atoms with E-state index in [9.17, 15) is 0 Å². The number of nitrogens with zero attached hydrogens (tertiary/aromatic N) is 3. The van der Waals surface area contributed by atoms with Crippen LogP contribution < -0.4 is 0 Å². The Balaban J connectivity index is 2.02. The average molecular weight is 286 g/mol. The molecule has 102 valence electrons. The van der Waals surface area contributed by atoms with Crippen molar-refractivity contribution in [3.63, 3.8) is 0 Å². The third-order valence-corrected chi connectivity index (χ3v) is 3.54. The first-order chi connectivity index (χ1) is 9.43. The highest BCUT2D eigenvalue weighted by atomic mass is 35.5. The summed E-state index contributed by atoms with van der Waals surface area (Å²) in [5.41, 5.74) is 4.25. The molecule has 3 aromatic rings. The van der Waals surface area contributed by atoms with Gasteiger partial charge in [0.05, 0.1) is 11.9 Å². The minimum atomic E-state index is 0.159. The predicted octanol–water partition coefficient (Wildman–Crippen LogP) is 4.35. The van der Waals surface area contributed by atoms with Crippen LogP contribution in [0.4, 0.5) is 0 Å². The van der Waals surface area contributed by atoms with Crippen LogP contribution in [0.3, 0.4) is 0 Å². The lowest BCUT2D eigenvalue weighted by Gasteiger charge is -2.18. The van der Waals surface area contributed by atoms with E-state index < -0.39 is 0 Å². The monoisotopic (exact) mass is 285 g/mol. The molecular formula is C16H16ClN3. The maximum atomic E-state index is 5.89. The van der Waals surface area contributed by atoms with Gasteiger partial charge in [-0.3, -0.25) is 0 Å². The Bertz CT molecular complexity index is 751. The van der Waals surface area contributed by atoms with Crippen LogP contribution in [0, 0.1) is 0 Å². The number of hydrogen-bond donors (Lipinski definition) is 0. The zero-order valence-electron chi connectivity index (χ0n) is 11.8. The lowest BCUT2D eigenvalue weighted by atomic mass is 9.86. The van der Waals surface area contributed by atoms with Crippen molar-refractivity contribution in [2.24, 2.45) is 0 Å². The summed E-state index contributed by atoms with van der Waals surface area (Å²) in [6.45, 7) is 6.62. The van der Waals surface area contributed by atoms with Crippen LogP contribution >= 0.6 is 11.6 Å². The molecule has 3 nitrogen and oxygen atoms in total. The summed E-state index contributed by atoms with van der Waals surface area (Å²) in [5.74, 6) is 0. The van der Waals surface area contributed by atoms with E-state index >= 15 is 0 Å². The molecule has 4 heteroatoms. The molecule has 0 amide bonds. The molecular weight excluding hydrogens is 270 g/mol. The van der Waals surface area contributed by atoms with E-state index in [1.54, 1.807) is 10.6 Å². The lowest BCUT2D eigenvalue weighted by Crippen LogP contribution is -2.10. The number of rotatable bonds is 1. The molecule has 0 saturated carbocycles. The first kappa shape index (κ1) is 13.1. The van der Waals surface area contributed by atoms with Crippen LogP contribution in [0.25, 0.3) is 16.9 Å². The number of fused-ring (bicyclic) bond motifs is 1. The molecule has 0 aliphatic heterocycles. The topological polar surface area (TPSA) is 30.2 Å². The molecule has 0 N–H and O–H groups in total. The molecule has 0 saturated heterocycles. The Hall–Kier alpha value is -1.87. The number of benzene rings is 1. The van der Waals surface area contributed by atoms with Crippen molar-refractivity contribution in [2.45, 2.75) is 26.2 Å². The fourth-order valence-corrected chi connectivity index (χ4v) is 2.28. The molecule has 2 aromatic heterocycles. The fourth-order valence-electron chi connectivity index (χ4n) is 2.14. The van der Waals surface area contributed by atoms with E-state index in [0.717, 1.165) is 16.9 Å². The molecule has 0 aliphatic carbocycles. The summed E-state index contributed by atoms with van der Waals surface area (Å²) in [6, 6.07) is 12.1. The second-order valence-electron chi connectivity index (χ2n) is 5.91. The summed E-state index contributed by atoms with van der Waals surface area (Å²) in [7, 11) is 0. The van der Waals surface area contributed by atoms with E-state index in [2.05, 4.69) is 55.1 Å². The minimum Gasteiger partial charge on any atom is -0.227 e. The lowest BCUT2D eigenvalue weighted by molar-refractivity contribution is 0.590. The molecule has 0 spiro atoms. The molecule has 0 unspecified atom stereocenters. The number of imidazole rings is 1. The van der Waals surface area contributed by atoms with E-state index in [0.29, 0.717) is 5.15 Å². The van der Waals surface area contributed by atoms with Gasteiger partial charge < -0.3 is 0 Å². The van der Waals surface area contributed by atoms with Crippen molar-refractivity contribution >= 4 is 17.2 Å². The molecule has 0 bridgehead atoms. The van der Waals surface area contributed by atoms with E-state index in [-0.39, 0.29) is 5.41 Å². The van der Waals surface area contributed by atoms with Gasteiger partial charge in [0.15, 0.2) is 5.65 Å². The molecule has 20 heavy (non-hydrogen) atoms. The highest BCUT2D eigenvalue weighted by Crippen LogP contribution is 2.25. The van der Waals surface area contributed by atoms with E-state index in [1.165, 1.54) is 5.56 Å². The van der Waals surface area contributed by atoms with Crippen molar-refractivity contribution in [1.29, 1.82) is 0 Å². The SMILES string of the molecule is CC(C)(C)c1ccc(-c2cn3nc(Cl)ccc3n2)cc1. The van der Waals surface area contributed by atoms with Crippen LogP contribution in [-0.2, 0) is 5.41 Å². The van der Waals surface area contributed by atoms with Gasteiger partial charge in [0.25, 0.3) is 0 Å². The average Bonchev–Trinajstić information content (AvgIpc) is 2.80. The maximum Gasteiger partial charge on any atom is 0.154 e. The number of hydrogen-bond acceptors (Lipinski definition) is 2. The molecule has 0 atom stereocenters. The van der Waals surface area contributed by atoms with Crippen molar-refractivity contribution in [3.05, 3.63) is 53.3 Å². The normalized spacial score (nSPS) is 12.0. The van der Waals surface area contributed by atoms with Crippen molar-refractivity contribution < 1.29 is 0 Å². The van der Waals surface area contributed by atoms with Gasteiger partial charge in [0, 0.05) is 5.56 Å². The Kier molecular flexibility index (Phi) is 3.02. The van der Waals surface area contributed by atoms with Gasteiger partial charge >= 0.3 is 0 Å². The maximum absolute atomic E-state index is 5.89. The Labute approximate surface area is 123 Å². The van der Waals surface area contributed by atoms with Crippen molar-refractivity contribution in [2.75, 3.05) is 0 Å². The summed E-state index contributed by atoms with van der Waals surface area (Å²) in [4.78, 5) is 4.56. The van der Waals surface area contributed by atoms with Gasteiger partial charge in [0.2, 0.25) is 0 Å². The Morgan fingerprint density at radius 1 is 1.00 bits per heavy atom. The summed E-state index contributed by atoms with van der Waals surface area (Å²) in [6.07, 6.45) is 1.90. The van der Waals surface area contributed by atoms with Gasteiger partial charge in [-0.2, -0.15) is 5.10 Å². The molecule has 0 fully saturated rings. The third-order valence-electron chi connectivity index (χ3n) is 3.33. The van der Waals surface area contributed by atoms with E-state index in [1.807, 2.05) is 12.3 Å². The second kappa shape index (κ2) is 4.60. The number of halogens is 1. The molecule has 3 rings (SSSR count). The molecule has 0 radical (unpaired) electrons. The molecule has 2 heterocycles. The van der Waals surface area contributed by atoms with Gasteiger partial charge in [-0.1, -0.05) is 56.6 Å². The summed E-state index contributed by atoms with van der Waals surface area (Å²) >= 11 is 5.89. The van der Waals surface area contributed by atoms with Crippen LogP contribution in [0.1, 0.15) is 26.3 Å². The Morgan fingerprint density at radius 2 is 1.70 bits per heavy atom. The highest BCUT2D eigenvalue weighted by Gasteiger charge is 2.13. The van der Waals surface area contributed by atoms with Gasteiger partial charge in [-0.15, -0.1) is 0 Å². The first-order valence-corrected chi connectivity index (χ1v) is 6.94. The zero-order valence-corrected chi connectivity index (χ0v) is 12.5. The Morgan fingerprint density at radius 3 is 2.35 bits per heavy atom. The van der Waals surface area contributed by atoms with Crippen LogP contribution in [0.5, 0.6) is 0 Å². The minimum absolute atomic E-state index is 0.159. The summed E-state index contributed by atoms with van der Waals surface area (Å²) in [5, 5.41) is 4.66. The van der Waals surface area contributed by atoms with Gasteiger partial charge in [-0.05, 0) is 23.1 Å². The summed E-state index contributed by atoms with van der Waals surface area (Å²) < 4.78 is 1.70. The quantitative estimate of drug-likeness (QED) is 0.665. The van der Waals surface area contributed by atoms with Crippen molar-refractivity contribution in [1.82, 2.24) is 14.6 Å². The number of aromatic nitrogens is 3. The van der Waals surface area contributed by atoms with Gasteiger partial charge in [0.1, 0.15) is 5.15 Å². The highest BCUT2D eigenvalue weighted by molar-refractivity contribution is 6.29. The van der Waals surface area contributed by atoms with Crippen LogP contribution in [0.2, 0.25) is 5.15 Å². The molecule has 0 aliphatic rings. The predicted molar refractivity (Wildman–Crippen MR) is 82.1 cm³/mol. The first-order valence-electron chi connectivity index (χ1n) is 6.56.